The average molecular weight is 186 g/mol. The highest BCUT2D eigenvalue weighted by atomic mass is 16.6. The number of aliphatic hydroxyl groups excluding tert-OH is 1. The lowest BCUT2D eigenvalue weighted by Gasteiger charge is -2.06. The molecule has 0 radical (unpaired) electrons. The highest BCUT2D eigenvalue weighted by molar-refractivity contribution is 5.15. The van der Waals surface area contributed by atoms with E-state index in [1.165, 1.54) is 10.8 Å². The van der Waals surface area contributed by atoms with Crippen LogP contribution in [0.2, 0.25) is 0 Å². The molecule has 0 aliphatic rings. The number of nitro groups is 1. The van der Waals surface area contributed by atoms with Crippen LogP contribution in [0.25, 0.3) is 0 Å². The smallest absolute Gasteiger partial charge is 0.390 e. The molecule has 0 saturated carbocycles. The molecular formula is C6H10N4O3. The standard InChI is InChI=1S/C6H10N4O3/c1-4(7)9-5(3-11)2-8-6(9)10(12)13/h2,4,11H,3,7H2,1H3. The molecule has 0 bridgehead atoms. The molecule has 72 valence electrons. The number of nitrogens with two attached hydrogens (primary N) is 1. The highest BCUT2D eigenvalue weighted by Gasteiger charge is 2.22. The van der Waals surface area contributed by atoms with E-state index in [2.05, 4.69) is 4.98 Å². The Kier molecular flexibility index (Phi) is 2.59. The minimum atomic E-state index is -0.636. The van der Waals surface area contributed by atoms with Crippen LogP contribution in [0, 0.1) is 10.1 Å². The molecule has 13 heavy (non-hydrogen) atoms. The van der Waals surface area contributed by atoms with E-state index < -0.39 is 11.1 Å². The maximum Gasteiger partial charge on any atom is 0.436 e. The summed E-state index contributed by atoms with van der Waals surface area (Å²) < 4.78 is 1.18. The van der Waals surface area contributed by atoms with Gasteiger partial charge in [-0.25, -0.2) is 4.57 Å². The molecule has 0 saturated heterocycles. The maximum atomic E-state index is 10.4. The van der Waals surface area contributed by atoms with Crippen molar-refractivity contribution in [3.63, 3.8) is 0 Å². The zero-order chi connectivity index (χ0) is 10.0. The molecule has 1 rings (SSSR count). The highest BCUT2D eigenvalue weighted by Crippen LogP contribution is 2.16. The fourth-order valence-electron chi connectivity index (χ4n) is 1.08. The molecular weight excluding hydrogens is 176 g/mol. The third-order valence-corrected chi connectivity index (χ3v) is 1.59. The summed E-state index contributed by atoms with van der Waals surface area (Å²) in [5, 5.41) is 19.3. The van der Waals surface area contributed by atoms with Crippen LogP contribution in [0.3, 0.4) is 0 Å². The second-order valence-corrected chi connectivity index (χ2v) is 2.58. The van der Waals surface area contributed by atoms with E-state index in [9.17, 15) is 10.1 Å². The average Bonchev–Trinajstić information content (AvgIpc) is 2.46. The normalized spacial score (nSPS) is 12.8. The van der Waals surface area contributed by atoms with Gasteiger partial charge in [0.2, 0.25) is 0 Å². The summed E-state index contributed by atoms with van der Waals surface area (Å²) in [5.41, 5.74) is 5.82. The fraction of sp³-hybridized carbons (Fsp3) is 0.500. The van der Waals surface area contributed by atoms with Gasteiger partial charge in [-0.3, -0.25) is 5.73 Å². The molecule has 0 aliphatic carbocycles. The van der Waals surface area contributed by atoms with Gasteiger partial charge in [-0.05, 0) is 11.8 Å². The van der Waals surface area contributed by atoms with E-state index in [0.717, 1.165) is 0 Å². The Morgan fingerprint density at radius 3 is 2.92 bits per heavy atom. The lowest BCUT2D eigenvalue weighted by molar-refractivity contribution is -0.397. The van der Waals surface area contributed by atoms with Crippen LogP contribution in [-0.4, -0.2) is 19.6 Å². The molecule has 3 N–H and O–H groups in total. The number of aromatic nitrogens is 2. The number of aliphatic hydroxyl groups is 1. The number of imidazole rings is 1. The maximum absolute atomic E-state index is 10.4. The molecule has 0 aliphatic heterocycles. The first-order chi connectivity index (χ1) is 6.07. The topological polar surface area (TPSA) is 107 Å². The van der Waals surface area contributed by atoms with Crippen LogP contribution in [-0.2, 0) is 6.61 Å². The van der Waals surface area contributed by atoms with Gasteiger partial charge in [0.25, 0.3) is 0 Å². The third kappa shape index (κ3) is 1.65. The van der Waals surface area contributed by atoms with Crippen molar-refractivity contribution in [2.24, 2.45) is 5.73 Å². The predicted octanol–water partition coefficient (Wildman–Crippen LogP) is -0.239. The van der Waals surface area contributed by atoms with Gasteiger partial charge in [-0.15, -0.1) is 0 Å². The number of rotatable bonds is 3. The van der Waals surface area contributed by atoms with Crippen molar-refractivity contribution in [2.75, 3.05) is 0 Å². The van der Waals surface area contributed by atoms with E-state index in [1.54, 1.807) is 6.92 Å². The molecule has 1 aromatic heterocycles. The van der Waals surface area contributed by atoms with Gasteiger partial charge in [0.05, 0.1) is 0 Å². The van der Waals surface area contributed by atoms with Crippen molar-refractivity contribution in [2.45, 2.75) is 19.7 Å². The van der Waals surface area contributed by atoms with Gasteiger partial charge in [-0.2, -0.15) is 0 Å². The lowest BCUT2D eigenvalue weighted by atomic mass is 10.4. The summed E-state index contributed by atoms with van der Waals surface area (Å²) >= 11 is 0. The number of hydrogen-bond acceptors (Lipinski definition) is 5. The summed E-state index contributed by atoms with van der Waals surface area (Å²) in [4.78, 5) is 13.3. The lowest BCUT2D eigenvalue weighted by Crippen LogP contribution is -2.18. The molecule has 0 aromatic carbocycles. The van der Waals surface area contributed by atoms with Crippen LogP contribution in [0.1, 0.15) is 18.8 Å². The van der Waals surface area contributed by atoms with Gasteiger partial charge >= 0.3 is 5.95 Å². The summed E-state index contributed by atoms with van der Waals surface area (Å²) in [6.45, 7) is 1.26. The number of nitrogens with zero attached hydrogens (tertiary/aromatic N) is 3. The molecule has 1 heterocycles. The van der Waals surface area contributed by atoms with Gasteiger partial charge in [-0.1, -0.05) is 4.98 Å². The Hall–Kier alpha value is -1.47. The van der Waals surface area contributed by atoms with Crippen LogP contribution in [0.5, 0.6) is 0 Å². The largest absolute Gasteiger partial charge is 0.436 e. The zero-order valence-corrected chi connectivity index (χ0v) is 7.04. The fourth-order valence-corrected chi connectivity index (χ4v) is 1.08. The van der Waals surface area contributed by atoms with E-state index in [1.807, 2.05) is 0 Å². The van der Waals surface area contributed by atoms with Gasteiger partial charge in [0.1, 0.15) is 24.7 Å². The Morgan fingerprint density at radius 2 is 2.54 bits per heavy atom. The van der Waals surface area contributed by atoms with Gasteiger partial charge in [0, 0.05) is 0 Å². The first kappa shape index (κ1) is 9.62. The van der Waals surface area contributed by atoms with E-state index in [4.69, 9.17) is 10.8 Å². The summed E-state index contributed by atoms with van der Waals surface area (Å²) in [7, 11) is 0. The van der Waals surface area contributed by atoms with Gasteiger partial charge < -0.3 is 15.2 Å². The molecule has 0 amide bonds. The van der Waals surface area contributed by atoms with E-state index in [-0.39, 0.29) is 12.6 Å². The summed E-state index contributed by atoms with van der Waals surface area (Å²) in [6.07, 6.45) is 0.659. The monoisotopic (exact) mass is 186 g/mol. The van der Waals surface area contributed by atoms with Crippen molar-refractivity contribution >= 4 is 5.95 Å². The first-order valence-corrected chi connectivity index (χ1v) is 3.65. The van der Waals surface area contributed by atoms with Crippen LogP contribution in [0.4, 0.5) is 5.95 Å². The Bertz CT molecular complexity index is 320. The van der Waals surface area contributed by atoms with Crippen LogP contribution < -0.4 is 5.73 Å². The quantitative estimate of drug-likeness (QED) is 0.500. The third-order valence-electron chi connectivity index (χ3n) is 1.59. The summed E-state index contributed by atoms with van der Waals surface area (Å²) in [5.74, 6) is -0.348. The van der Waals surface area contributed by atoms with Gasteiger partial charge in [0.15, 0.2) is 0 Å². The Balaban J connectivity index is 3.22. The van der Waals surface area contributed by atoms with Crippen molar-refractivity contribution in [3.8, 4) is 0 Å². The summed E-state index contributed by atoms with van der Waals surface area (Å²) in [6, 6.07) is 0. The van der Waals surface area contributed by atoms with E-state index in [0.29, 0.717) is 5.69 Å². The second kappa shape index (κ2) is 3.50. The predicted molar refractivity (Wildman–Crippen MR) is 43.7 cm³/mol. The van der Waals surface area contributed by atoms with Crippen LogP contribution >= 0.6 is 0 Å². The van der Waals surface area contributed by atoms with Crippen molar-refractivity contribution < 1.29 is 10.0 Å². The molecule has 1 aromatic rings. The first-order valence-electron chi connectivity index (χ1n) is 3.65. The van der Waals surface area contributed by atoms with E-state index >= 15 is 0 Å². The minimum absolute atomic E-state index is 0.317. The molecule has 7 nitrogen and oxygen atoms in total. The molecule has 1 atom stereocenters. The van der Waals surface area contributed by atoms with Crippen LogP contribution in [0.15, 0.2) is 6.20 Å². The van der Waals surface area contributed by atoms with Crippen molar-refractivity contribution in [1.29, 1.82) is 0 Å². The minimum Gasteiger partial charge on any atom is -0.390 e. The number of hydrogen-bond donors (Lipinski definition) is 2. The molecule has 0 spiro atoms. The Morgan fingerprint density at radius 1 is 1.92 bits per heavy atom. The Labute approximate surface area is 74.0 Å². The molecule has 1 unspecified atom stereocenters. The molecule has 0 fully saturated rings. The van der Waals surface area contributed by atoms with Crippen molar-refractivity contribution in [1.82, 2.24) is 9.55 Å². The SMILES string of the molecule is CC(N)n1c(CO)cnc1[N+](=O)[O-]. The zero-order valence-electron chi connectivity index (χ0n) is 7.04. The molecule has 7 heteroatoms. The van der Waals surface area contributed by atoms with Crippen molar-refractivity contribution in [3.05, 3.63) is 22.0 Å². The second-order valence-electron chi connectivity index (χ2n) is 2.58.